The molecule has 2 atom stereocenters. The fraction of sp³-hybridized carbons (Fsp3) is 0.571. The molecule has 0 aliphatic carbocycles. The standard InChI is InChI=1S/C14H20BrFN2O/c1-2-5-18-6-7-19-13(9-17)14(18)11-4-3-10(15)8-12(11)16/h3-4,8,13-14H,2,5-7,9,17H2,1H3. The topological polar surface area (TPSA) is 38.5 Å². The van der Waals surface area contributed by atoms with Crippen LogP contribution in [-0.2, 0) is 4.74 Å². The van der Waals surface area contributed by atoms with Crippen molar-refractivity contribution in [2.75, 3.05) is 26.2 Å². The Balaban J connectivity index is 2.33. The minimum atomic E-state index is -0.204. The number of rotatable bonds is 4. The Kier molecular flexibility index (Phi) is 5.33. The van der Waals surface area contributed by atoms with E-state index < -0.39 is 0 Å². The van der Waals surface area contributed by atoms with Gasteiger partial charge >= 0.3 is 0 Å². The van der Waals surface area contributed by atoms with Gasteiger partial charge in [-0.1, -0.05) is 28.9 Å². The molecule has 1 aliphatic rings. The Morgan fingerprint density at radius 1 is 1.53 bits per heavy atom. The summed E-state index contributed by atoms with van der Waals surface area (Å²) >= 11 is 3.29. The summed E-state index contributed by atoms with van der Waals surface area (Å²) < 4.78 is 20.7. The first kappa shape index (κ1) is 14.9. The highest BCUT2D eigenvalue weighted by Crippen LogP contribution is 2.32. The third-order valence-electron chi connectivity index (χ3n) is 3.48. The van der Waals surface area contributed by atoms with Crippen molar-refractivity contribution in [3.63, 3.8) is 0 Å². The number of morpholine rings is 1. The van der Waals surface area contributed by atoms with Gasteiger partial charge in [-0.2, -0.15) is 0 Å². The van der Waals surface area contributed by atoms with Crippen LogP contribution in [0.4, 0.5) is 4.39 Å². The van der Waals surface area contributed by atoms with Crippen molar-refractivity contribution in [3.8, 4) is 0 Å². The van der Waals surface area contributed by atoms with E-state index in [-0.39, 0.29) is 18.0 Å². The van der Waals surface area contributed by atoms with Crippen LogP contribution < -0.4 is 5.73 Å². The highest BCUT2D eigenvalue weighted by molar-refractivity contribution is 9.10. The Morgan fingerprint density at radius 3 is 2.95 bits per heavy atom. The van der Waals surface area contributed by atoms with E-state index in [1.807, 2.05) is 12.1 Å². The lowest BCUT2D eigenvalue weighted by Gasteiger charge is -2.41. The van der Waals surface area contributed by atoms with Gasteiger partial charge in [0.15, 0.2) is 0 Å². The Labute approximate surface area is 122 Å². The first-order valence-corrected chi connectivity index (χ1v) is 7.47. The second-order valence-corrected chi connectivity index (χ2v) is 5.71. The molecule has 1 heterocycles. The monoisotopic (exact) mass is 330 g/mol. The lowest BCUT2D eigenvalue weighted by Crippen LogP contribution is -2.48. The molecule has 1 aromatic rings. The summed E-state index contributed by atoms with van der Waals surface area (Å²) in [5.74, 6) is -0.204. The van der Waals surface area contributed by atoms with Crippen LogP contribution in [0, 0.1) is 5.82 Å². The smallest absolute Gasteiger partial charge is 0.129 e. The van der Waals surface area contributed by atoms with Gasteiger partial charge in [-0.15, -0.1) is 0 Å². The van der Waals surface area contributed by atoms with Crippen LogP contribution in [0.5, 0.6) is 0 Å². The molecule has 0 amide bonds. The minimum Gasteiger partial charge on any atom is -0.374 e. The fourth-order valence-corrected chi connectivity index (χ4v) is 2.99. The molecule has 0 radical (unpaired) electrons. The maximum absolute atomic E-state index is 14.2. The van der Waals surface area contributed by atoms with Gasteiger partial charge in [0.2, 0.25) is 0 Å². The molecular formula is C14H20BrFN2O. The second kappa shape index (κ2) is 6.79. The van der Waals surface area contributed by atoms with E-state index in [9.17, 15) is 4.39 Å². The summed E-state index contributed by atoms with van der Waals surface area (Å²) in [7, 11) is 0. The molecule has 0 aromatic heterocycles. The summed E-state index contributed by atoms with van der Waals surface area (Å²) in [5, 5.41) is 0. The van der Waals surface area contributed by atoms with Crippen molar-refractivity contribution in [1.82, 2.24) is 4.90 Å². The van der Waals surface area contributed by atoms with Crippen molar-refractivity contribution in [2.24, 2.45) is 5.73 Å². The first-order valence-electron chi connectivity index (χ1n) is 6.68. The van der Waals surface area contributed by atoms with Crippen LogP contribution >= 0.6 is 15.9 Å². The summed E-state index contributed by atoms with van der Waals surface area (Å²) in [6, 6.07) is 5.10. The SMILES string of the molecule is CCCN1CCOC(CN)C1c1ccc(Br)cc1F. The lowest BCUT2D eigenvalue weighted by molar-refractivity contribution is -0.0686. The summed E-state index contributed by atoms with van der Waals surface area (Å²) in [5.41, 5.74) is 6.46. The molecule has 1 aromatic carbocycles. The van der Waals surface area contributed by atoms with Gasteiger partial charge in [-0.05, 0) is 25.1 Å². The van der Waals surface area contributed by atoms with Crippen molar-refractivity contribution in [1.29, 1.82) is 0 Å². The third kappa shape index (κ3) is 3.34. The predicted molar refractivity (Wildman–Crippen MR) is 77.5 cm³/mol. The third-order valence-corrected chi connectivity index (χ3v) is 3.97. The maximum atomic E-state index is 14.2. The van der Waals surface area contributed by atoms with Gasteiger partial charge in [0.1, 0.15) is 5.82 Å². The number of benzene rings is 1. The summed E-state index contributed by atoms with van der Waals surface area (Å²) in [6.07, 6.45) is 0.891. The van der Waals surface area contributed by atoms with Gasteiger partial charge in [0, 0.05) is 23.1 Å². The lowest BCUT2D eigenvalue weighted by atomic mass is 9.97. The van der Waals surface area contributed by atoms with Crippen molar-refractivity contribution < 1.29 is 9.13 Å². The maximum Gasteiger partial charge on any atom is 0.129 e. The molecule has 19 heavy (non-hydrogen) atoms. The molecule has 2 N–H and O–H groups in total. The molecule has 3 nitrogen and oxygen atoms in total. The molecule has 0 spiro atoms. The number of hydrogen-bond donors (Lipinski definition) is 1. The van der Waals surface area contributed by atoms with E-state index in [0.29, 0.717) is 18.7 Å². The Bertz CT molecular complexity index is 428. The average Bonchev–Trinajstić information content (AvgIpc) is 2.39. The second-order valence-electron chi connectivity index (χ2n) is 4.79. The van der Waals surface area contributed by atoms with Crippen molar-refractivity contribution >= 4 is 15.9 Å². The quantitative estimate of drug-likeness (QED) is 0.922. The van der Waals surface area contributed by atoms with E-state index >= 15 is 0 Å². The molecule has 1 fully saturated rings. The van der Waals surface area contributed by atoms with Crippen LogP contribution in [0.25, 0.3) is 0 Å². The van der Waals surface area contributed by atoms with E-state index in [2.05, 4.69) is 27.8 Å². The molecule has 2 rings (SSSR count). The Hall–Kier alpha value is -0.490. The van der Waals surface area contributed by atoms with Gasteiger partial charge in [0.05, 0.1) is 18.8 Å². The number of nitrogens with two attached hydrogens (primary N) is 1. The van der Waals surface area contributed by atoms with Crippen molar-refractivity contribution in [2.45, 2.75) is 25.5 Å². The average molecular weight is 331 g/mol. The molecular weight excluding hydrogens is 311 g/mol. The fourth-order valence-electron chi connectivity index (χ4n) is 2.66. The molecule has 5 heteroatoms. The van der Waals surface area contributed by atoms with Crippen LogP contribution in [-0.4, -0.2) is 37.2 Å². The molecule has 1 aliphatic heterocycles. The normalized spacial score (nSPS) is 24.6. The molecule has 0 saturated carbocycles. The zero-order valence-electron chi connectivity index (χ0n) is 11.1. The minimum absolute atomic E-state index is 0.0909. The zero-order valence-corrected chi connectivity index (χ0v) is 12.7. The molecule has 0 bridgehead atoms. The summed E-state index contributed by atoms with van der Waals surface area (Å²) in [4.78, 5) is 2.27. The van der Waals surface area contributed by atoms with Crippen LogP contribution in [0.1, 0.15) is 24.9 Å². The molecule has 2 unspecified atom stereocenters. The van der Waals surface area contributed by atoms with Crippen LogP contribution in [0.3, 0.4) is 0 Å². The van der Waals surface area contributed by atoms with E-state index in [0.717, 1.165) is 24.0 Å². The highest BCUT2D eigenvalue weighted by Gasteiger charge is 2.33. The molecule has 106 valence electrons. The highest BCUT2D eigenvalue weighted by atomic mass is 79.9. The summed E-state index contributed by atoms with van der Waals surface area (Å²) in [6.45, 7) is 4.95. The first-order chi connectivity index (χ1) is 9.17. The van der Waals surface area contributed by atoms with E-state index in [4.69, 9.17) is 10.5 Å². The van der Waals surface area contributed by atoms with Gasteiger partial charge < -0.3 is 10.5 Å². The van der Waals surface area contributed by atoms with Gasteiger partial charge in [-0.25, -0.2) is 4.39 Å². The van der Waals surface area contributed by atoms with Crippen LogP contribution in [0.15, 0.2) is 22.7 Å². The number of ether oxygens (including phenoxy) is 1. The predicted octanol–water partition coefficient (Wildman–Crippen LogP) is 2.70. The zero-order chi connectivity index (χ0) is 13.8. The van der Waals surface area contributed by atoms with Crippen LogP contribution in [0.2, 0.25) is 0 Å². The number of halogens is 2. The Morgan fingerprint density at radius 2 is 2.32 bits per heavy atom. The number of hydrogen-bond acceptors (Lipinski definition) is 3. The largest absolute Gasteiger partial charge is 0.374 e. The van der Waals surface area contributed by atoms with Gasteiger partial charge in [-0.3, -0.25) is 4.90 Å². The number of nitrogens with zero attached hydrogens (tertiary/aromatic N) is 1. The van der Waals surface area contributed by atoms with Gasteiger partial charge in [0.25, 0.3) is 0 Å². The molecule has 1 saturated heterocycles. The van der Waals surface area contributed by atoms with E-state index in [1.54, 1.807) is 0 Å². The van der Waals surface area contributed by atoms with E-state index in [1.165, 1.54) is 6.07 Å². The van der Waals surface area contributed by atoms with Crippen molar-refractivity contribution in [3.05, 3.63) is 34.1 Å².